The monoisotopic (exact) mass is 157 g/mol. The zero-order valence-electron chi connectivity index (χ0n) is 7.76. The molecule has 1 rings (SSSR count). The van der Waals surface area contributed by atoms with E-state index in [0.717, 1.165) is 19.4 Å². The second-order valence-electron chi connectivity index (χ2n) is 3.92. The molecule has 0 aromatic rings. The maximum atomic E-state index is 5.97. The van der Waals surface area contributed by atoms with Crippen LogP contribution >= 0.6 is 0 Å². The van der Waals surface area contributed by atoms with Crippen LogP contribution in [0.25, 0.3) is 0 Å². The highest BCUT2D eigenvalue weighted by molar-refractivity contribution is 4.90. The second kappa shape index (κ2) is 3.11. The Balaban J connectivity index is 2.57. The van der Waals surface area contributed by atoms with Crippen molar-refractivity contribution in [1.29, 1.82) is 0 Å². The van der Waals surface area contributed by atoms with Crippen LogP contribution in [-0.2, 0) is 4.74 Å². The Morgan fingerprint density at radius 2 is 2.27 bits per heavy atom. The summed E-state index contributed by atoms with van der Waals surface area (Å²) in [4.78, 5) is 0. The molecule has 0 aliphatic carbocycles. The molecule has 0 aromatic carbocycles. The number of hydrogen-bond donors (Lipinski definition) is 1. The maximum absolute atomic E-state index is 5.97. The molecule has 1 fully saturated rings. The van der Waals surface area contributed by atoms with Gasteiger partial charge in [0.05, 0.1) is 5.60 Å². The van der Waals surface area contributed by atoms with Crippen LogP contribution in [0.3, 0.4) is 0 Å². The molecule has 1 aliphatic rings. The molecule has 2 heteroatoms. The number of ether oxygens (including phenoxy) is 1. The van der Waals surface area contributed by atoms with E-state index in [2.05, 4.69) is 20.8 Å². The predicted molar refractivity (Wildman–Crippen MR) is 46.4 cm³/mol. The van der Waals surface area contributed by atoms with Gasteiger partial charge in [-0.2, -0.15) is 0 Å². The maximum Gasteiger partial charge on any atom is 0.0670 e. The van der Waals surface area contributed by atoms with E-state index in [0.29, 0.717) is 12.0 Å². The van der Waals surface area contributed by atoms with Crippen molar-refractivity contribution in [2.45, 2.75) is 45.3 Å². The summed E-state index contributed by atoms with van der Waals surface area (Å²) in [6.07, 6.45) is 2.18. The molecule has 0 bridgehead atoms. The van der Waals surface area contributed by atoms with Crippen molar-refractivity contribution in [2.75, 3.05) is 6.61 Å². The van der Waals surface area contributed by atoms with Crippen molar-refractivity contribution in [3.8, 4) is 0 Å². The Hall–Kier alpha value is -0.0800. The highest BCUT2D eigenvalue weighted by Crippen LogP contribution is 2.33. The lowest BCUT2D eigenvalue weighted by molar-refractivity contribution is 0.00491. The third kappa shape index (κ3) is 1.74. The van der Waals surface area contributed by atoms with Gasteiger partial charge in [0.1, 0.15) is 0 Å². The van der Waals surface area contributed by atoms with E-state index in [1.165, 1.54) is 0 Å². The molecule has 0 aromatic heterocycles. The van der Waals surface area contributed by atoms with Crippen LogP contribution in [0.1, 0.15) is 33.6 Å². The summed E-state index contributed by atoms with van der Waals surface area (Å²) in [5.41, 5.74) is 5.98. The third-order valence-electron chi connectivity index (χ3n) is 2.78. The summed E-state index contributed by atoms with van der Waals surface area (Å²) in [5, 5.41) is 0. The molecule has 1 unspecified atom stereocenters. The van der Waals surface area contributed by atoms with Gasteiger partial charge >= 0.3 is 0 Å². The summed E-state index contributed by atoms with van der Waals surface area (Å²) < 4.78 is 5.60. The minimum atomic E-state index is 0.00935. The highest BCUT2D eigenvalue weighted by Gasteiger charge is 2.38. The van der Waals surface area contributed by atoms with Crippen LogP contribution in [0.2, 0.25) is 0 Å². The van der Waals surface area contributed by atoms with Gasteiger partial charge in [0, 0.05) is 18.6 Å². The lowest BCUT2D eigenvalue weighted by Crippen LogP contribution is -2.40. The van der Waals surface area contributed by atoms with Crippen LogP contribution < -0.4 is 5.73 Å². The van der Waals surface area contributed by atoms with Gasteiger partial charge in [-0.3, -0.25) is 0 Å². The molecule has 0 amide bonds. The molecule has 2 atom stereocenters. The Morgan fingerprint density at radius 1 is 1.64 bits per heavy atom. The number of nitrogens with two attached hydrogens (primary N) is 1. The van der Waals surface area contributed by atoms with Gasteiger partial charge in [-0.05, 0) is 26.7 Å². The van der Waals surface area contributed by atoms with Crippen molar-refractivity contribution in [3.63, 3.8) is 0 Å². The fourth-order valence-corrected chi connectivity index (χ4v) is 1.92. The zero-order valence-corrected chi connectivity index (χ0v) is 7.76. The van der Waals surface area contributed by atoms with Crippen molar-refractivity contribution >= 4 is 0 Å². The van der Waals surface area contributed by atoms with Gasteiger partial charge in [0.15, 0.2) is 0 Å². The van der Waals surface area contributed by atoms with Gasteiger partial charge in [-0.25, -0.2) is 0 Å². The summed E-state index contributed by atoms with van der Waals surface area (Å²) in [6.45, 7) is 7.30. The molecule has 1 saturated heterocycles. The highest BCUT2D eigenvalue weighted by atomic mass is 16.5. The van der Waals surface area contributed by atoms with Crippen molar-refractivity contribution in [2.24, 2.45) is 11.7 Å². The van der Waals surface area contributed by atoms with Gasteiger partial charge in [-0.15, -0.1) is 0 Å². The fraction of sp³-hybridized carbons (Fsp3) is 1.00. The zero-order chi connectivity index (χ0) is 8.48. The predicted octanol–water partition coefficient (Wildman–Crippen LogP) is 1.54. The Bertz CT molecular complexity index is 134. The van der Waals surface area contributed by atoms with E-state index in [1.54, 1.807) is 0 Å². The van der Waals surface area contributed by atoms with E-state index in [9.17, 15) is 0 Å². The van der Waals surface area contributed by atoms with Crippen molar-refractivity contribution < 1.29 is 4.74 Å². The van der Waals surface area contributed by atoms with E-state index < -0.39 is 0 Å². The number of rotatable bonds is 2. The molecule has 0 saturated carbocycles. The fourth-order valence-electron chi connectivity index (χ4n) is 1.92. The first kappa shape index (κ1) is 9.01. The normalized spacial score (nSPS) is 32.2. The van der Waals surface area contributed by atoms with Gasteiger partial charge < -0.3 is 10.5 Å². The quantitative estimate of drug-likeness (QED) is 0.660. The van der Waals surface area contributed by atoms with E-state index in [1.807, 2.05) is 0 Å². The van der Waals surface area contributed by atoms with Crippen LogP contribution in [0, 0.1) is 5.92 Å². The van der Waals surface area contributed by atoms with E-state index >= 15 is 0 Å². The van der Waals surface area contributed by atoms with E-state index in [4.69, 9.17) is 10.5 Å². The molecule has 1 heterocycles. The Kier molecular flexibility index (Phi) is 2.55. The minimum Gasteiger partial charge on any atom is -0.375 e. The summed E-state index contributed by atoms with van der Waals surface area (Å²) in [5.74, 6) is 0.549. The average Bonchev–Trinajstić information content (AvgIpc) is 2.28. The second-order valence-corrected chi connectivity index (χ2v) is 3.92. The molecule has 0 spiro atoms. The lowest BCUT2D eigenvalue weighted by Gasteiger charge is -2.29. The molecule has 2 N–H and O–H groups in total. The largest absolute Gasteiger partial charge is 0.375 e. The Morgan fingerprint density at radius 3 is 2.64 bits per heavy atom. The Labute approximate surface area is 69.1 Å². The summed E-state index contributed by atoms with van der Waals surface area (Å²) >= 11 is 0. The smallest absolute Gasteiger partial charge is 0.0670 e. The SMILES string of the molecule is CC[C@H](N)C1CCOC1(C)C. The van der Waals surface area contributed by atoms with Crippen molar-refractivity contribution in [1.82, 2.24) is 0 Å². The van der Waals surface area contributed by atoms with Gasteiger partial charge in [-0.1, -0.05) is 6.92 Å². The lowest BCUT2D eigenvalue weighted by atomic mass is 9.84. The molecule has 2 nitrogen and oxygen atoms in total. The van der Waals surface area contributed by atoms with Crippen LogP contribution in [0.4, 0.5) is 0 Å². The number of hydrogen-bond acceptors (Lipinski definition) is 2. The van der Waals surface area contributed by atoms with Gasteiger partial charge in [0.2, 0.25) is 0 Å². The van der Waals surface area contributed by atoms with Gasteiger partial charge in [0.25, 0.3) is 0 Å². The van der Waals surface area contributed by atoms with Crippen LogP contribution in [-0.4, -0.2) is 18.2 Å². The standard InChI is InChI=1S/C9H19NO/c1-4-8(10)7-5-6-11-9(7,2)3/h7-8H,4-6,10H2,1-3H3/t7?,8-/m0/s1. The first-order valence-corrected chi connectivity index (χ1v) is 4.47. The minimum absolute atomic E-state index is 0.00935. The molecular formula is C9H19NO. The first-order valence-electron chi connectivity index (χ1n) is 4.47. The third-order valence-corrected chi connectivity index (χ3v) is 2.78. The topological polar surface area (TPSA) is 35.2 Å². The van der Waals surface area contributed by atoms with Crippen LogP contribution in [0.5, 0.6) is 0 Å². The molecule has 11 heavy (non-hydrogen) atoms. The first-order chi connectivity index (χ1) is 5.08. The molecule has 66 valence electrons. The summed E-state index contributed by atoms with van der Waals surface area (Å²) in [6, 6.07) is 0.312. The molecule has 1 aliphatic heterocycles. The average molecular weight is 157 g/mol. The molecular weight excluding hydrogens is 138 g/mol. The van der Waals surface area contributed by atoms with E-state index in [-0.39, 0.29) is 5.60 Å². The molecule has 0 radical (unpaired) electrons. The van der Waals surface area contributed by atoms with Crippen LogP contribution in [0.15, 0.2) is 0 Å². The summed E-state index contributed by atoms with van der Waals surface area (Å²) in [7, 11) is 0. The van der Waals surface area contributed by atoms with Crippen molar-refractivity contribution in [3.05, 3.63) is 0 Å².